The fourth-order valence-electron chi connectivity index (χ4n) is 3.74. The van der Waals surface area contributed by atoms with Crippen LogP contribution in [-0.2, 0) is 30.5 Å². The lowest BCUT2D eigenvalue weighted by Crippen LogP contribution is -2.63. The summed E-state index contributed by atoms with van der Waals surface area (Å²) >= 11 is 0. The van der Waals surface area contributed by atoms with Crippen molar-refractivity contribution in [3.8, 4) is 0 Å². The number of hydrogen-bond acceptors (Lipinski definition) is 6. The van der Waals surface area contributed by atoms with Crippen molar-refractivity contribution in [3.05, 3.63) is 35.9 Å². The Hall–Kier alpha value is -3.43. The van der Waals surface area contributed by atoms with Gasteiger partial charge in [0, 0.05) is 19.4 Å². The number of alkyl carbamates (subject to hydrolysis) is 1. The molecule has 2 aliphatic heterocycles. The van der Waals surface area contributed by atoms with Gasteiger partial charge in [0.15, 0.2) is 5.78 Å². The number of ketones is 1. The minimum absolute atomic E-state index is 0.0405. The minimum atomic E-state index is -1.00. The highest BCUT2D eigenvalue weighted by atomic mass is 16.5. The molecule has 2 aliphatic rings. The predicted octanol–water partition coefficient (Wildman–Crippen LogP) is 0.905. The predicted molar refractivity (Wildman–Crippen MR) is 113 cm³/mol. The Kier molecular flexibility index (Phi) is 7.80. The van der Waals surface area contributed by atoms with Gasteiger partial charge < -0.3 is 15.4 Å². The second-order valence-electron chi connectivity index (χ2n) is 7.77. The highest BCUT2D eigenvalue weighted by Gasteiger charge is 2.44. The highest BCUT2D eigenvalue weighted by molar-refractivity contribution is 5.95. The first-order valence-electron chi connectivity index (χ1n) is 10.8. The van der Waals surface area contributed by atoms with Crippen LogP contribution in [0, 0.1) is 0 Å². The number of benzene rings is 1. The van der Waals surface area contributed by atoms with E-state index in [1.165, 1.54) is 5.01 Å². The van der Waals surface area contributed by atoms with Crippen LogP contribution in [0.3, 0.4) is 0 Å². The minimum Gasteiger partial charge on any atom is -0.445 e. The summed E-state index contributed by atoms with van der Waals surface area (Å²) in [5.74, 6) is -1.47. The Morgan fingerprint density at radius 1 is 1.12 bits per heavy atom. The van der Waals surface area contributed by atoms with Crippen molar-refractivity contribution < 1.29 is 28.7 Å². The first kappa shape index (κ1) is 23.2. The number of ether oxygens (including phenoxy) is 1. The zero-order valence-electron chi connectivity index (χ0n) is 18.0. The molecule has 2 heterocycles. The zero-order chi connectivity index (χ0) is 23.1. The van der Waals surface area contributed by atoms with Gasteiger partial charge in [-0.15, -0.1) is 0 Å². The van der Waals surface area contributed by atoms with E-state index in [1.54, 1.807) is 19.1 Å². The number of Topliss-reactive ketones (excluding diaryl/α,β-unsaturated/α-hetero) is 1. The van der Waals surface area contributed by atoms with E-state index in [4.69, 9.17) is 4.74 Å². The lowest BCUT2D eigenvalue weighted by molar-refractivity contribution is -0.176. The summed E-state index contributed by atoms with van der Waals surface area (Å²) < 4.78 is 5.20. The van der Waals surface area contributed by atoms with Gasteiger partial charge in [-0.05, 0) is 24.8 Å². The second-order valence-corrected chi connectivity index (χ2v) is 7.77. The van der Waals surface area contributed by atoms with Gasteiger partial charge >= 0.3 is 6.09 Å². The largest absolute Gasteiger partial charge is 0.445 e. The van der Waals surface area contributed by atoms with Gasteiger partial charge in [0.2, 0.25) is 11.8 Å². The molecule has 0 unspecified atom stereocenters. The smallest absolute Gasteiger partial charge is 0.408 e. The van der Waals surface area contributed by atoms with Crippen LogP contribution >= 0.6 is 0 Å². The van der Waals surface area contributed by atoms with Gasteiger partial charge in [-0.25, -0.2) is 9.80 Å². The summed E-state index contributed by atoms with van der Waals surface area (Å²) in [7, 11) is 0. The molecule has 172 valence electrons. The van der Waals surface area contributed by atoms with Gasteiger partial charge in [-0.1, -0.05) is 37.3 Å². The fraction of sp³-hybridized carbons (Fsp3) is 0.500. The van der Waals surface area contributed by atoms with Crippen LogP contribution in [0.4, 0.5) is 4.79 Å². The number of nitrogens with one attached hydrogen (secondary N) is 2. The molecule has 2 N–H and O–H groups in total. The van der Waals surface area contributed by atoms with Crippen LogP contribution in [0.1, 0.15) is 44.6 Å². The van der Waals surface area contributed by atoms with E-state index in [9.17, 15) is 24.0 Å². The van der Waals surface area contributed by atoms with Crippen molar-refractivity contribution in [1.29, 1.82) is 0 Å². The molecule has 0 aliphatic carbocycles. The van der Waals surface area contributed by atoms with Crippen molar-refractivity contribution in [1.82, 2.24) is 20.7 Å². The summed E-state index contributed by atoms with van der Waals surface area (Å²) in [4.78, 5) is 62.5. The average molecular weight is 444 g/mol. The molecule has 1 aromatic carbocycles. The quantitative estimate of drug-likeness (QED) is 0.644. The molecule has 0 spiro atoms. The first-order valence-corrected chi connectivity index (χ1v) is 10.8. The number of fused-ring (bicyclic) bond motifs is 1. The summed E-state index contributed by atoms with van der Waals surface area (Å²) in [5.41, 5.74) is 0.797. The summed E-state index contributed by atoms with van der Waals surface area (Å²) in [6.45, 7) is 1.92. The van der Waals surface area contributed by atoms with Crippen molar-refractivity contribution >= 4 is 29.6 Å². The summed E-state index contributed by atoms with van der Waals surface area (Å²) in [6.07, 6.45) is 0.566. The molecule has 2 atom stereocenters. The molecule has 0 saturated carbocycles. The van der Waals surface area contributed by atoms with Crippen molar-refractivity contribution in [2.45, 2.75) is 57.7 Å². The topological polar surface area (TPSA) is 125 Å². The number of nitrogens with zero attached hydrogens (tertiary/aromatic N) is 2. The molecule has 4 amide bonds. The molecule has 10 heteroatoms. The second kappa shape index (κ2) is 10.7. The van der Waals surface area contributed by atoms with E-state index in [1.807, 2.05) is 18.2 Å². The lowest BCUT2D eigenvalue weighted by atomic mass is 10.1. The van der Waals surface area contributed by atoms with Crippen LogP contribution in [0.15, 0.2) is 30.3 Å². The third-order valence-corrected chi connectivity index (χ3v) is 5.52. The first-order chi connectivity index (χ1) is 15.4. The molecule has 0 aromatic heterocycles. The SMILES string of the molecule is CCC(=O)CNC(=O)[C@@H]1CCCN2C(=O)CC[C@H](NC(=O)OCc3ccccc3)C(=O)N12. The van der Waals surface area contributed by atoms with Gasteiger partial charge in [0.05, 0.1) is 6.54 Å². The monoisotopic (exact) mass is 444 g/mol. The maximum atomic E-state index is 13.3. The van der Waals surface area contributed by atoms with Gasteiger partial charge in [-0.2, -0.15) is 0 Å². The summed E-state index contributed by atoms with van der Waals surface area (Å²) in [6, 6.07) is 7.18. The number of rotatable bonds is 7. The van der Waals surface area contributed by atoms with Crippen molar-refractivity contribution in [2.75, 3.05) is 13.1 Å². The Morgan fingerprint density at radius 2 is 1.88 bits per heavy atom. The third-order valence-electron chi connectivity index (χ3n) is 5.52. The molecule has 0 bridgehead atoms. The van der Waals surface area contributed by atoms with Crippen LogP contribution in [0.2, 0.25) is 0 Å². The number of amides is 4. The molecule has 3 rings (SSSR count). The molecule has 2 saturated heterocycles. The maximum Gasteiger partial charge on any atom is 0.408 e. The Balaban J connectivity index is 1.68. The summed E-state index contributed by atoms with van der Waals surface area (Å²) in [5, 5.41) is 7.52. The fourth-order valence-corrected chi connectivity index (χ4v) is 3.74. The van der Waals surface area contributed by atoms with E-state index >= 15 is 0 Å². The number of carbonyl (C=O) groups is 5. The van der Waals surface area contributed by atoms with E-state index < -0.39 is 30.0 Å². The molecular weight excluding hydrogens is 416 g/mol. The average Bonchev–Trinajstić information content (AvgIpc) is 2.93. The van der Waals surface area contributed by atoms with Crippen LogP contribution < -0.4 is 10.6 Å². The molecule has 1 aromatic rings. The highest BCUT2D eigenvalue weighted by Crippen LogP contribution is 2.25. The molecule has 32 heavy (non-hydrogen) atoms. The normalized spacial score (nSPS) is 20.8. The number of carbonyl (C=O) groups excluding carboxylic acids is 5. The Labute approximate surface area is 186 Å². The lowest BCUT2D eigenvalue weighted by Gasteiger charge is -2.42. The van der Waals surface area contributed by atoms with Gasteiger partial charge in [0.1, 0.15) is 18.7 Å². The van der Waals surface area contributed by atoms with E-state index in [0.29, 0.717) is 19.4 Å². The van der Waals surface area contributed by atoms with E-state index in [2.05, 4.69) is 10.6 Å². The zero-order valence-corrected chi connectivity index (χ0v) is 18.0. The van der Waals surface area contributed by atoms with E-state index in [-0.39, 0.29) is 44.1 Å². The number of hydrazine groups is 1. The molecule has 10 nitrogen and oxygen atoms in total. The molecule has 0 radical (unpaired) electrons. The van der Waals surface area contributed by atoms with E-state index in [0.717, 1.165) is 10.6 Å². The standard InChI is InChI=1S/C22H28N4O6/c1-2-16(27)13-23-20(29)18-9-6-12-25-19(28)11-10-17(21(30)26(18)25)24-22(31)32-14-15-7-4-3-5-8-15/h3-5,7-8,17-18H,2,6,9-14H2,1H3,(H,23,29)(H,24,31)/t17-,18-/m0/s1. The van der Waals surface area contributed by atoms with Gasteiger partial charge in [-0.3, -0.25) is 24.2 Å². The Bertz CT molecular complexity index is 874. The van der Waals surface area contributed by atoms with Crippen LogP contribution in [0.5, 0.6) is 0 Å². The molecular formula is C22H28N4O6. The molecule has 2 fully saturated rings. The van der Waals surface area contributed by atoms with Crippen molar-refractivity contribution in [3.63, 3.8) is 0 Å². The van der Waals surface area contributed by atoms with Crippen molar-refractivity contribution in [2.24, 2.45) is 0 Å². The third kappa shape index (κ3) is 5.63. The number of hydrogen-bond donors (Lipinski definition) is 2. The van der Waals surface area contributed by atoms with Crippen LogP contribution in [0.25, 0.3) is 0 Å². The maximum absolute atomic E-state index is 13.3. The van der Waals surface area contributed by atoms with Crippen LogP contribution in [-0.4, -0.2) is 64.8 Å². The Morgan fingerprint density at radius 3 is 2.59 bits per heavy atom. The van der Waals surface area contributed by atoms with Gasteiger partial charge in [0.25, 0.3) is 5.91 Å².